The molecule has 7 nitrogen and oxygen atoms in total. The molecule has 1 aliphatic carbocycles. The normalized spacial score (nSPS) is 15.9. The van der Waals surface area contributed by atoms with Gasteiger partial charge in [-0.1, -0.05) is 11.8 Å². The van der Waals surface area contributed by atoms with Gasteiger partial charge >= 0.3 is 11.7 Å². The zero-order valence-corrected chi connectivity index (χ0v) is 13.2. The summed E-state index contributed by atoms with van der Waals surface area (Å²) >= 11 is 1.48. The van der Waals surface area contributed by atoms with Gasteiger partial charge in [0.1, 0.15) is 6.04 Å². The molecule has 1 aliphatic rings. The summed E-state index contributed by atoms with van der Waals surface area (Å²) in [6.45, 7) is 4.68. The third kappa shape index (κ3) is 4.60. The van der Waals surface area contributed by atoms with Crippen LogP contribution in [0.15, 0.2) is 9.95 Å². The number of H-pyrrole nitrogens is 1. The third-order valence-corrected chi connectivity index (χ3v) is 4.27. The number of nitrogens with zero attached hydrogens (tertiary/aromatic N) is 2. The van der Waals surface area contributed by atoms with Gasteiger partial charge in [-0.2, -0.15) is 0 Å². The van der Waals surface area contributed by atoms with Gasteiger partial charge < -0.3 is 10.1 Å². The second-order valence-corrected chi connectivity index (χ2v) is 6.00. The summed E-state index contributed by atoms with van der Waals surface area (Å²) in [5.41, 5.74) is -0.196. The molecule has 0 aliphatic heterocycles. The molecule has 0 bridgehead atoms. The van der Waals surface area contributed by atoms with E-state index in [-0.39, 0.29) is 17.7 Å². The quantitative estimate of drug-likeness (QED) is 0.517. The van der Waals surface area contributed by atoms with Crippen molar-refractivity contribution in [2.45, 2.75) is 56.9 Å². The number of rotatable bonds is 9. The first-order valence-corrected chi connectivity index (χ1v) is 8.35. The fraction of sp³-hybridized carbons (Fsp3) is 0.769. The van der Waals surface area contributed by atoms with Crippen molar-refractivity contribution in [3.05, 3.63) is 10.5 Å². The fourth-order valence-corrected chi connectivity index (χ4v) is 3.02. The maximum absolute atomic E-state index is 11.9. The van der Waals surface area contributed by atoms with E-state index in [0.29, 0.717) is 36.5 Å². The molecule has 1 fully saturated rings. The maximum atomic E-state index is 11.9. The SMILES string of the molecule is CCOC(=O)C(CCSc1n[nH]c(=O)n1CC)NC1CC1. The topological polar surface area (TPSA) is 89.0 Å². The van der Waals surface area contributed by atoms with Crippen LogP contribution < -0.4 is 11.0 Å². The lowest BCUT2D eigenvalue weighted by atomic mass is 10.2. The van der Waals surface area contributed by atoms with Crippen LogP contribution in [0.25, 0.3) is 0 Å². The Bertz CT molecular complexity index is 524. The molecule has 118 valence electrons. The van der Waals surface area contributed by atoms with Crippen LogP contribution in [0.2, 0.25) is 0 Å². The van der Waals surface area contributed by atoms with Crippen LogP contribution in [-0.4, -0.2) is 45.2 Å². The number of carbonyl (C=O) groups is 1. The Labute approximate surface area is 127 Å². The zero-order chi connectivity index (χ0) is 15.2. The number of nitrogens with one attached hydrogen (secondary N) is 2. The van der Waals surface area contributed by atoms with Gasteiger partial charge in [-0.3, -0.25) is 9.36 Å². The highest BCUT2D eigenvalue weighted by atomic mass is 32.2. The van der Waals surface area contributed by atoms with E-state index in [2.05, 4.69) is 15.5 Å². The summed E-state index contributed by atoms with van der Waals surface area (Å²) < 4.78 is 6.68. The molecule has 1 saturated carbocycles. The van der Waals surface area contributed by atoms with Crippen molar-refractivity contribution in [2.75, 3.05) is 12.4 Å². The van der Waals surface area contributed by atoms with E-state index in [1.165, 1.54) is 11.8 Å². The number of hydrogen-bond acceptors (Lipinski definition) is 6. The van der Waals surface area contributed by atoms with Crippen molar-refractivity contribution in [1.29, 1.82) is 0 Å². The Balaban J connectivity index is 1.85. The Morgan fingerprint density at radius 2 is 2.33 bits per heavy atom. The number of aromatic nitrogens is 3. The molecule has 1 aromatic heterocycles. The predicted octanol–water partition coefficient (Wildman–Crippen LogP) is 0.757. The zero-order valence-electron chi connectivity index (χ0n) is 12.4. The first kappa shape index (κ1) is 16.1. The van der Waals surface area contributed by atoms with Gasteiger partial charge in [0.15, 0.2) is 5.16 Å². The highest BCUT2D eigenvalue weighted by Crippen LogP contribution is 2.21. The van der Waals surface area contributed by atoms with Gasteiger partial charge in [0.25, 0.3) is 0 Å². The number of thioether (sulfide) groups is 1. The van der Waals surface area contributed by atoms with Crippen LogP contribution in [0.1, 0.15) is 33.1 Å². The third-order valence-electron chi connectivity index (χ3n) is 3.26. The highest BCUT2D eigenvalue weighted by Gasteiger charge is 2.29. The Kier molecular flexibility index (Phi) is 5.86. The van der Waals surface area contributed by atoms with Crippen LogP contribution in [0.4, 0.5) is 0 Å². The second kappa shape index (κ2) is 7.65. The molecular weight excluding hydrogens is 292 g/mol. The molecule has 1 heterocycles. The maximum Gasteiger partial charge on any atom is 0.343 e. The molecule has 0 amide bonds. The van der Waals surface area contributed by atoms with E-state index < -0.39 is 0 Å². The number of hydrogen-bond donors (Lipinski definition) is 2. The van der Waals surface area contributed by atoms with Gasteiger partial charge in [-0.05, 0) is 33.1 Å². The van der Waals surface area contributed by atoms with Crippen LogP contribution in [-0.2, 0) is 16.1 Å². The predicted molar refractivity (Wildman–Crippen MR) is 80.4 cm³/mol. The summed E-state index contributed by atoms with van der Waals surface area (Å²) in [5.74, 6) is 0.507. The summed E-state index contributed by atoms with van der Waals surface area (Å²) in [6, 6.07) is 0.175. The first-order valence-electron chi connectivity index (χ1n) is 7.36. The summed E-state index contributed by atoms with van der Waals surface area (Å²) in [5, 5.41) is 10.4. The summed E-state index contributed by atoms with van der Waals surface area (Å²) in [4.78, 5) is 23.4. The van der Waals surface area contributed by atoms with Crippen molar-refractivity contribution >= 4 is 17.7 Å². The van der Waals surface area contributed by atoms with E-state index >= 15 is 0 Å². The average Bonchev–Trinajstić information content (AvgIpc) is 3.21. The molecule has 1 atom stereocenters. The standard InChI is InChI=1S/C13H22N4O3S/c1-3-17-12(19)15-16-13(17)21-8-7-10(11(18)20-4-2)14-9-5-6-9/h9-10,14H,3-8H2,1-2H3,(H,15,19). The average molecular weight is 314 g/mol. The van der Waals surface area contributed by atoms with Crippen LogP contribution in [0.5, 0.6) is 0 Å². The molecular formula is C13H22N4O3S. The molecule has 0 saturated heterocycles. The van der Waals surface area contributed by atoms with Gasteiger partial charge in [0, 0.05) is 18.3 Å². The van der Waals surface area contributed by atoms with Gasteiger partial charge in [0.2, 0.25) is 0 Å². The van der Waals surface area contributed by atoms with E-state index in [4.69, 9.17) is 4.74 Å². The fourth-order valence-electron chi connectivity index (χ4n) is 2.01. The lowest BCUT2D eigenvalue weighted by molar-refractivity contribution is -0.145. The van der Waals surface area contributed by atoms with E-state index in [1.807, 2.05) is 13.8 Å². The molecule has 1 aromatic rings. The Morgan fingerprint density at radius 1 is 1.57 bits per heavy atom. The Morgan fingerprint density at radius 3 is 2.95 bits per heavy atom. The number of carbonyl (C=O) groups excluding carboxylic acids is 1. The van der Waals surface area contributed by atoms with Crippen LogP contribution in [0.3, 0.4) is 0 Å². The lowest BCUT2D eigenvalue weighted by Gasteiger charge is -2.16. The van der Waals surface area contributed by atoms with E-state index in [0.717, 1.165) is 12.8 Å². The van der Waals surface area contributed by atoms with E-state index in [1.54, 1.807) is 4.57 Å². The minimum Gasteiger partial charge on any atom is -0.465 e. The highest BCUT2D eigenvalue weighted by molar-refractivity contribution is 7.99. The van der Waals surface area contributed by atoms with Crippen LogP contribution >= 0.6 is 11.8 Å². The van der Waals surface area contributed by atoms with Gasteiger partial charge in [-0.15, -0.1) is 5.10 Å². The monoisotopic (exact) mass is 314 g/mol. The lowest BCUT2D eigenvalue weighted by Crippen LogP contribution is -2.39. The molecule has 2 rings (SSSR count). The molecule has 0 radical (unpaired) electrons. The van der Waals surface area contributed by atoms with Crippen molar-refractivity contribution in [2.24, 2.45) is 0 Å². The second-order valence-electron chi connectivity index (χ2n) is 4.94. The van der Waals surface area contributed by atoms with Gasteiger partial charge in [-0.25, -0.2) is 9.89 Å². The smallest absolute Gasteiger partial charge is 0.343 e. The minimum absolute atomic E-state index is 0.195. The molecule has 0 aromatic carbocycles. The number of esters is 1. The summed E-state index contributed by atoms with van der Waals surface area (Å²) in [7, 11) is 0. The van der Waals surface area contributed by atoms with E-state index in [9.17, 15) is 9.59 Å². The van der Waals surface area contributed by atoms with Crippen molar-refractivity contribution in [1.82, 2.24) is 20.1 Å². The molecule has 21 heavy (non-hydrogen) atoms. The molecule has 2 N–H and O–H groups in total. The largest absolute Gasteiger partial charge is 0.465 e. The Hall–Kier alpha value is -1.28. The summed E-state index contributed by atoms with van der Waals surface area (Å²) in [6.07, 6.45) is 2.90. The van der Waals surface area contributed by atoms with Crippen molar-refractivity contribution in [3.8, 4) is 0 Å². The van der Waals surface area contributed by atoms with Crippen molar-refractivity contribution < 1.29 is 9.53 Å². The first-order chi connectivity index (χ1) is 10.2. The molecule has 0 spiro atoms. The number of aromatic amines is 1. The number of ether oxygens (including phenoxy) is 1. The minimum atomic E-state index is -0.273. The molecule has 1 unspecified atom stereocenters. The van der Waals surface area contributed by atoms with Gasteiger partial charge in [0.05, 0.1) is 6.61 Å². The van der Waals surface area contributed by atoms with Crippen LogP contribution in [0, 0.1) is 0 Å². The van der Waals surface area contributed by atoms with Crippen molar-refractivity contribution in [3.63, 3.8) is 0 Å². The molecule has 8 heteroatoms.